The number of ether oxygens (including phenoxy) is 1. The Morgan fingerprint density at radius 1 is 1.05 bits per heavy atom. The molecule has 1 heterocycles. The first-order valence-corrected chi connectivity index (χ1v) is 5.96. The fraction of sp³-hybridized carbons (Fsp3) is 0.154. The van der Waals surface area contributed by atoms with Crippen LogP contribution in [0.25, 0.3) is 0 Å². The zero-order valence-corrected chi connectivity index (χ0v) is 10.8. The molecule has 0 aliphatic heterocycles. The van der Waals surface area contributed by atoms with E-state index in [-0.39, 0.29) is 5.75 Å². The Labute approximate surface area is 118 Å². The Morgan fingerprint density at radius 3 is 2.15 bits per heavy atom. The zero-order valence-electron chi connectivity index (χ0n) is 10.1. The van der Waals surface area contributed by atoms with Crippen LogP contribution in [0.1, 0.15) is 17.2 Å². The van der Waals surface area contributed by atoms with E-state index >= 15 is 0 Å². The summed E-state index contributed by atoms with van der Waals surface area (Å²) in [6.07, 6.45) is -3.18. The van der Waals surface area contributed by atoms with Gasteiger partial charge in [-0.3, -0.25) is 0 Å². The van der Waals surface area contributed by atoms with Gasteiger partial charge in [0.25, 0.3) is 0 Å². The highest BCUT2D eigenvalue weighted by atomic mass is 35.5. The van der Waals surface area contributed by atoms with Gasteiger partial charge in [0.05, 0.1) is 6.04 Å². The fourth-order valence-corrected chi connectivity index (χ4v) is 1.75. The van der Waals surface area contributed by atoms with E-state index in [1.54, 1.807) is 12.1 Å². The Kier molecular flexibility index (Phi) is 4.15. The molecule has 7 heteroatoms. The largest absolute Gasteiger partial charge is 0.573 e. The molecule has 1 aromatic carbocycles. The Balaban J connectivity index is 2.15. The molecule has 2 aromatic rings. The lowest BCUT2D eigenvalue weighted by Gasteiger charge is -2.13. The van der Waals surface area contributed by atoms with Crippen molar-refractivity contribution in [2.24, 2.45) is 5.73 Å². The summed E-state index contributed by atoms with van der Waals surface area (Å²) < 4.78 is 39.9. The van der Waals surface area contributed by atoms with Crippen LogP contribution >= 0.6 is 11.6 Å². The monoisotopic (exact) mass is 302 g/mol. The molecule has 0 bridgehead atoms. The molecule has 0 spiro atoms. The summed E-state index contributed by atoms with van der Waals surface area (Å²) in [5.41, 5.74) is 7.35. The quantitative estimate of drug-likeness (QED) is 0.880. The molecule has 0 radical (unpaired) electrons. The van der Waals surface area contributed by atoms with E-state index in [4.69, 9.17) is 17.3 Å². The standard InChI is InChI=1S/C13H10ClF3N2O/c14-11-6-3-9(7-19-11)12(18)8-1-4-10(5-2-8)20-13(15,16)17/h1-7,12H,18H2/t12-/m1/s1. The molecule has 1 aromatic heterocycles. The predicted molar refractivity (Wildman–Crippen MR) is 68.4 cm³/mol. The van der Waals surface area contributed by atoms with Crippen molar-refractivity contribution in [2.75, 3.05) is 0 Å². The van der Waals surface area contributed by atoms with Gasteiger partial charge >= 0.3 is 6.36 Å². The Morgan fingerprint density at radius 2 is 1.65 bits per heavy atom. The zero-order chi connectivity index (χ0) is 14.8. The number of pyridine rings is 1. The van der Waals surface area contributed by atoms with Crippen molar-refractivity contribution in [3.8, 4) is 5.75 Å². The van der Waals surface area contributed by atoms with Crippen LogP contribution in [0.4, 0.5) is 13.2 Å². The highest BCUT2D eigenvalue weighted by molar-refractivity contribution is 6.29. The lowest BCUT2D eigenvalue weighted by Crippen LogP contribution is -2.17. The van der Waals surface area contributed by atoms with E-state index in [2.05, 4.69) is 9.72 Å². The molecule has 106 valence electrons. The predicted octanol–water partition coefficient (Wildman–Crippen LogP) is 3.68. The van der Waals surface area contributed by atoms with Crippen molar-refractivity contribution in [3.05, 3.63) is 58.9 Å². The van der Waals surface area contributed by atoms with E-state index in [9.17, 15) is 13.2 Å². The van der Waals surface area contributed by atoms with Gasteiger partial charge in [-0.15, -0.1) is 13.2 Å². The van der Waals surface area contributed by atoms with Gasteiger partial charge in [-0.05, 0) is 29.3 Å². The van der Waals surface area contributed by atoms with E-state index in [0.717, 1.165) is 0 Å². The maximum atomic E-state index is 12.0. The minimum Gasteiger partial charge on any atom is -0.406 e. The molecule has 0 unspecified atom stereocenters. The maximum Gasteiger partial charge on any atom is 0.573 e. The molecular weight excluding hydrogens is 293 g/mol. The summed E-state index contributed by atoms with van der Waals surface area (Å²) in [6.45, 7) is 0. The average Bonchev–Trinajstić information content (AvgIpc) is 2.38. The van der Waals surface area contributed by atoms with Crippen LogP contribution in [0.2, 0.25) is 5.15 Å². The van der Waals surface area contributed by atoms with Gasteiger partial charge in [0.2, 0.25) is 0 Å². The van der Waals surface area contributed by atoms with Gasteiger partial charge in [-0.2, -0.15) is 0 Å². The minimum absolute atomic E-state index is 0.289. The number of nitrogens with two attached hydrogens (primary N) is 1. The van der Waals surface area contributed by atoms with Crippen LogP contribution in [-0.4, -0.2) is 11.3 Å². The van der Waals surface area contributed by atoms with Crippen molar-refractivity contribution in [3.63, 3.8) is 0 Å². The van der Waals surface area contributed by atoms with Gasteiger partial charge in [-0.25, -0.2) is 4.98 Å². The lowest BCUT2D eigenvalue weighted by atomic mass is 10.0. The van der Waals surface area contributed by atoms with Crippen molar-refractivity contribution < 1.29 is 17.9 Å². The molecule has 3 nitrogen and oxygen atoms in total. The first kappa shape index (κ1) is 14.6. The normalized spacial score (nSPS) is 13.1. The van der Waals surface area contributed by atoms with E-state index in [1.165, 1.54) is 30.5 Å². The number of nitrogens with zero attached hydrogens (tertiary/aromatic N) is 1. The molecule has 0 saturated heterocycles. The van der Waals surface area contributed by atoms with Gasteiger partial charge < -0.3 is 10.5 Å². The number of halogens is 4. The third-order valence-corrected chi connectivity index (χ3v) is 2.81. The van der Waals surface area contributed by atoms with Crippen LogP contribution in [0, 0.1) is 0 Å². The first-order valence-electron chi connectivity index (χ1n) is 5.58. The maximum absolute atomic E-state index is 12.0. The van der Waals surface area contributed by atoms with Crippen molar-refractivity contribution in [1.82, 2.24) is 4.98 Å². The summed E-state index contributed by atoms with van der Waals surface area (Å²) in [5, 5.41) is 0.342. The van der Waals surface area contributed by atoms with Crippen LogP contribution in [-0.2, 0) is 0 Å². The number of benzene rings is 1. The molecule has 0 aliphatic rings. The summed E-state index contributed by atoms with van der Waals surface area (Å²) in [5.74, 6) is -0.289. The molecule has 2 rings (SSSR count). The number of hydrogen-bond acceptors (Lipinski definition) is 3. The van der Waals surface area contributed by atoms with Crippen molar-refractivity contribution >= 4 is 11.6 Å². The van der Waals surface area contributed by atoms with Crippen molar-refractivity contribution in [2.45, 2.75) is 12.4 Å². The summed E-state index contributed by atoms with van der Waals surface area (Å²) in [7, 11) is 0. The van der Waals surface area contributed by atoms with Crippen LogP contribution in [0.15, 0.2) is 42.6 Å². The number of alkyl halides is 3. The van der Waals surface area contributed by atoms with E-state index in [0.29, 0.717) is 16.3 Å². The second kappa shape index (κ2) is 5.68. The molecule has 0 aliphatic carbocycles. The highest BCUT2D eigenvalue weighted by Crippen LogP contribution is 2.26. The smallest absolute Gasteiger partial charge is 0.406 e. The van der Waals surface area contributed by atoms with Gasteiger partial charge in [0.1, 0.15) is 10.9 Å². The number of aromatic nitrogens is 1. The Hall–Kier alpha value is -1.79. The fourth-order valence-electron chi connectivity index (χ4n) is 1.64. The second-order valence-corrected chi connectivity index (χ2v) is 4.40. The van der Waals surface area contributed by atoms with Gasteiger partial charge in [0.15, 0.2) is 0 Å². The molecule has 2 N–H and O–H groups in total. The second-order valence-electron chi connectivity index (χ2n) is 4.01. The number of hydrogen-bond donors (Lipinski definition) is 1. The lowest BCUT2D eigenvalue weighted by molar-refractivity contribution is -0.274. The SMILES string of the molecule is N[C@H](c1ccc(OC(F)(F)F)cc1)c1ccc(Cl)nc1. The van der Waals surface area contributed by atoms with Crippen LogP contribution < -0.4 is 10.5 Å². The van der Waals surface area contributed by atoms with Crippen LogP contribution in [0.5, 0.6) is 5.75 Å². The summed E-state index contributed by atoms with van der Waals surface area (Å²) >= 11 is 5.67. The first-order chi connectivity index (χ1) is 9.35. The topological polar surface area (TPSA) is 48.1 Å². The van der Waals surface area contributed by atoms with E-state index < -0.39 is 12.4 Å². The van der Waals surface area contributed by atoms with Gasteiger partial charge in [0, 0.05) is 6.20 Å². The summed E-state index contributed by atoms with van der Waals surface area (Å²) in [6, 6.07) is 8.18. The molecule has 0 fully saturated rings. The Bertz CT molecular complexity index is 570. The molecular formula is C13H10ClF3N2O. The third-order valence-electron chi connectivity index (χ3n) is 2.58. The molecule has 20 heavy (non-hydrogen) atoms. The molecule has 0 amide bonds. The van der Waals surface area contributed by atoms with Gasteiger partial charge in [-0.1, -0.05) is 29.8 Å². The molecule has 1 atom stereocenters. The third kappa shape index (κ3) is 3.85. The molecule has 0 saturated carbocycles. The van der Waals surface area contributed by atoms with Crippen LogP contribution in [0.3, 0.4) is 0 Å². The van der Waals surface area contributed by atoms with E-state index in [1.807, 2.05) is 0 Å². The average molecular weight is 303 g/mol. The summed E-state index contributed by atoms with van der Waals surface area (Å²) in [4.78, 5) is 3.90. The number of rotatable bonds is 3. The highest BCUT2D eigenvalue weighted by Gasteiger charge is 2.31. The minimum atomic E-state index is -4.70. The van der Waals surface area contributed by atoms with Crippen molar-refractivity contribution in [1.29, 1.82) is 0 Å².